The number of para-hydroxylation sites is 1. The van der Waals surface area contributed by atoms with E-state index in [0.717, 1.165) is 44.5 Å². The van der Waals surface area contributed by atoms with Gasteiger partial charge in [0.05, 0.1) is 11.8 Å². The van der Waals surface area contributed by atoms with Gasteiger partial charge < -0.3 is 19.9 Å². The maximum Gasteiger partial charge on any atom is 0.407 e. The van der Waals surface area contributed by atoms with Crippen LogP contribution in [0.5, 0.6) is 0 Å². The second-order valence-corrected chi connectivity index (χ2v) is 9.30. The maximum absolute atomic E-state index is 13.3. The molecule has 1 aromatic rings. The molecule has 2 aliphatic carbocycles. The van der Waals surface area contributed by atoms with Crippen LogP contribution in [-0.2, 0) is 14.3 Å². The van der Waals surface area contributed by atoms with Crippen LogP contribution in [0.25, 0.3) is 0 Å². The highest BCUT2D eigenvalue weighted by atomic mass is 16.6. The molecule has 3 fully saturated rings. The molecule has 0 aromatic heterocycles. The van der Waals surface area contributed by atoms with Crippen molar-refractivity contribution in [2.75, 3.05) is 31.1 Å². The Bertz CT molecular complexity index is 821. The number of nitrogens with one attached hydrogen (secondary N) is 2. The Morgan fingerprint density at radius 1 is 0.909 bits per heavy atom. The first kappa shape index (κ1) is 23.4. The van der Waals surface area contributed by atoms with Crippen LogP contribution in [0.3, 0.4) is 0 Å². The molecule has 33 heavy (non-hydrogen) atoms. The van der Waals surface area contributed by atoms with E-state index >= 15 is 0 Å². The number of amides is 3. The zero-order chi connectivity index (χ0) is 23.2. The third-order valence-electron chi connectivity index (χ3n) is 7.23. The molecular formula is C24H34N4O5. The first-order chi connectivity index (χ1) is 16.0. The van der Waals surface area contributed by atoms with Gasteiger partial charge in [0.2, 0.25) is 11.8 Å². The monoisotopic (exact) mass is 458 g/mol. The topological polar surface area (TPSA) is 111 Å². The van der Waals surface area contributed by atoms with Gasteiger partial charge in [-0.15, -0.1) is 0 Å². The molecule has 3 N–H and O–H groups in total. The summed E-state index contributed by atoms with van der Waals surface area (Å²) in [5, 5.41) is 12.2. The first-order valence-corrected chi connectivity index (χ1v) is 12.0. The number of carbonyl (C=O) groups excluding carboxylic acids is 3. The van der Waals surface area contributed by atoms with Crippen molar-refractivity contribution in [2.24, 2.45) is 11.8 Å². The molecule has 3 unspecified atom stereocenters. The zero-order valence-corrected chi connectivity index (χ0v) is 18.9. The molecule has 180 valence electrons. The minimum atomic E-state index is -0.729. The fraction of sp³-hybridized carbons (Fsp3) is 0.625. The molecule has 2 saturated carbocycles. The van der Waals surface area contributed by atoms with Gasteiger partial charge in [0, 0.05) is 37.9 Å². The summed E-state index contributed by atoms with van der Waals surface area (Å²) in [6, 6.07) is 10.3. The molecule has 9 heteroatoms. The van der Waals surface area contributed by atoms with E-state index < -0.39 is 29.9 Å². The number of rotatable bonds is 5. The van der Waals surface area contributed by atoms with Gasteiger partial charge in [-0.25, -0.2) is 10.3 Å². The lowest BCUT2D eigenvalue weighted by molar-refractivity contribution is -0.149. The van der Waals surface area contributed by atoms with Crippen molar-refractivity contribution < 1.29 is 24.3 Å². The number of hydrogen-bond acceptors (Lipinski definition) is 6. The van der Waals surface area contributed by atoms with Gasteiger partial charge in [-0.1, -0.05) is 31.0 Å². The number of alkyl carbamates (subject to hydrolysis) is 1. The van der Waals surface area contributed by atoms with Crippen molar-refractivity contribution in [3.63, 3.8) is 0 Å². The number of anilines is 1. The molecule has 4 rings (SSSR count). The maximum atomic E-state index is 13.3. The molecule has 0 bridgehead atoms. The van der Waals surface area contributed by atoms with E-state index in [1.54, 1.807) is 5.48 Å². The highest BCUT2D eigenvalue weighted by molar-refractivity contribution is 5.87. The normalized spacial score (nSPS) is 26.0. The van der Waals surface area contributed by atoms with Crippen molar-refractivity contribution >= 4 is 23.6 Å². The molecule has 0 radical (unpaired) electrons. The Kier molecular flexibility index (Phi) is 7.69. The highest BCUT2D eigenvalue weighted by Gasteiger charge is 2.42. The van der Waals surface area contributed by atoms with Gasteiger partial charge in [0.25, 0.3) is 0 Å². The number of carbonyl (C=O) groups is 3. The van der Waals surface area contributed by atoms with Crippen LogP contribution in [0.1, 0.15) is 44.9 Å². The summed E-state index contributed by atoms with van der Waals surface area (Å²) in [5.74, 6) is -1.92. The number of nitrogens with zero attached hydrogens (tertiary/aromatic N) is 2. The molecule has 3 atom stereocenters. The van der Waals surface area contributed by atoms with Crippen LogP contribution in [0.2, 0.25) is 0 Å². The summed E-state index contributed by atoms with van der Waals surface area (Å²) < 4.78 is 5.57. The quantitative estimate of drug-likeness (QED) is 0.461. The highest BCUT2D eigenvalue weighted by Crippen LogP contribution is 2.34. The van der Waals surface area contributed by atoms with Gasteiger partial charge in [-0.2, -0.15) is 0 Å². The van der Waals surface area contributed by atoms with E-state index in [4.69, 9.17) is 4.74 Å². The Hall–Kier alpha value is -2.81. The minimum absolute atomic E-state index is 0.0647. The van der Waals surface area contributed by atoms with E-state index in [9.17, 15) is 19.6 Å². The average Bonchev–Trinajstić information content (AvgIpc) is 3.36. The summed E-state index contributed by atoms with van der Waals surface area (Å²) in [4.78, 5) is 42.0. The fourth-order valence-corrected chi connectivity index (χ4v) is 5.39. The van der Waals surface area contributed by atoms with E-state index in [1.165, 1.54) is 0 Å². The molecule has 1 heterocycles. The van der Waals surface area contributed by atoms with E-state index in [-0.39, 0.29) is 18.4 Å². The summed E-state index contributed by atoms with van der Waals surface area (Å²) in [5.41, 5.74) is 2.84. The molecule has 1 saturated heterocycles. The Morgan fingerprint density at radius 2 is 1.61 bits per heavy atom. The van der Waals surface area contributed by atoms with E-state index in [2.05, 4.69) is 22.3 Å². The standard InChI is InChI=1S/C24H34N4O5/c29-22(26-32)21-16-19(33-24(31)25-17-6-4-5-7-17)10-11-20(21)23(30)28-14-12-27(13-15-28)18-8-2-1-3-9-18/h1-3,8-9,17,19-21,32H,4-7,10-16H2,(H,25,31)(H,26,29). The lowest BCUT2D eigenvalue weighted by Gasteiger charge is -2.40. The Morgan fingerprint density at radius 3 is 2.27 bits per heavy atom. The van der Waals surface area contributed by atoms with Crippen LogP contribution < -0.4 is 15.7 Å². The van der Waals surface area contributed by atoms with Gasteiger partial charge in [0.1, 0.15) is 6.10 Å². The molecular weight excluding hydrogens is 424 g/mol. The second-order valence-electron chi connectivity index (χ2n) is 9.30. The van der Waals surface area contributed by atoms with Gasteiger partial charge in [-0.3, -0.25) is 14.8 Å². The smallest absolute Gasteiger partial charge is 0.407 e. The van der Waals surface area contributed by atoms with Crippen LogP contribution in [-0.4, -0.2) is 66.3 Å². The number of hydrogen-bond donors (Lipinski definition) is 3. The van der Waals surface area contributed by atoms with Crippen LogP contribution in [0, 0.1) is 11.8 Å². The van der Waals surface area contributed by atoms with Crippen LogP contribution in [0.15, 0.2) is 30.3 Å². The van der Waals surface area contributed by atoms with Crippen molar-refractivity contribution in [2.45, 2.75) is 57.1 Å². The predicted molar refractivity (Wildman–Crippen MR) is 122 cm³/mol. The largest absolute Gasteiger partial charge is 0.446 e. The molecule has 0 spiro atoms. The molecule has 9 nitrogen and oxygen atoms in total. The summed E-state index contributed by atoms with van der Waals surface area (Å²) >= 11 is 0. The van der Waals surface area contributed by atoms with E-state index in [0.29, 0.717) is 25.9 Å². The van der Waals surface area contributed by atoms with Crippen molar-refractivity contribution in [1.82, 2.24) is 15.7 Å². The lowest BCUT2D eigenvalue weighted by atomic mass is 9.76. The minimum Gasteiger partial charge on any atom is -0.446 e. The number of ether oxygens (including phenoxy) is 1. The van der Waals surface area contributed by atoms with Crippen molar-refractivity contribution in [3.05, 3.63) is 30.3 Å². The third kappa shape index (κ3) is 5.76. The summed E-state index contributed by atoms with van der Waals surface area (Å²) in [6.45, 7) is 2.63. The number of benzene rings is 1. The lowest BCUT2D eigenvalue weighted by Crippen LogP contribution is -2.53. The van der Waals surface area contributed by atoms with Crippen LogP contribution in [0.4, 0.5) is 10.5 Å². The fourth-order valence-electron chi connectivity index (χ4n) is 5.39. The van der Waals surface area contributed by atoms with Gasteiger partial charge in [0.15, 0.2) is 0 Å². The molecule has 1 aliphatic heterocycles. The molecule has 1 aromatic carbocycles. The number of piperazine rings is 1. The predicted octanol–water partition coefficient (Wildman–Crippen LogP) is 2.29. The first-order valence-electron chi connectivity index (χ1n) is 12.0. The molecule has 3 aliphatic rings. The summed E-state index contributed by atoms with van der Waals surface area (Å²) in [7, 11) is 0. The van der Waals surface area contributed by atoms with Gasteiger partial charge >= 0.3 is 6.09 Å². The SMILES string of the molecule is O=C(NC1CCCC1)OC1CCC(C(=O)N2CCN(c3ccccc3)CC2)C(C(=O)NO)C1. The van der Waals surface area contributed by atoms with Crippen LogP contribution >= 0.6 is 0 Å². The summed E-state index contributed by atoms with van der Waals surface area (Å²) in [6.07, 6.45) is 4.42. The number of hydroxylamine groups is 1. The van der Waals surface area contributed by atoms with E-state index in [1.807, 2.05) is 23.1 Å². The second kappa shape index (κ2) is 10.9. The average molecular weight is 459 g/mol. The Balaban J connectivity index is 1.32. The zero-order valence-electron chi connectivity index (χ0n) is 18.9. The van der Waals surface area contributed by atoms with Crippen molar-refractivity contribution in [3.8, 4) is 0 Å². The van der Waals surface area contributed by atoms with Crippen molar-refractivity contribution in [1.29, 1.82) is 0 Å². The molecule has 3 amide bonds. The third-order valence-corrected chi connectivity index (χ3v) is 7.23. The van der Waals surface area contributed by atoms with Gasteiger partial charge in [-0.05, 0) is 44.2 Å². The Labute approximate surface area is 194 Å².